The molecule has 0 spiro atoms. The van der Waals surface area contributed by atoms with Crippen LogP contribution in [0.5, 0.6) is 0 Å². The molecule has 0 rings (SSSR count). The van der Waals surface area contributed by atoms with E-state index in [1.54, 1.807) is 6.26 Å². The highest BCUT2D eigenvalue weighted by molar-refractivity contribution is 8.13. The summed E-state index contributed by atoms with van der Waals surface area (Å²) in [7, 11) is -5.17. The first-order chi connectivity index (χ1) is 4.27. The molecule has 0 bridgehead atoms. The van der Waals surface area contributed by atoms with Crippen molar-refractivity contribution < 1.29 is 17.5 Å². The Morgan fingerprint density at radius 1 is 1.60 bits per heavy atom. The maximum absolute atomic E-state index is 8.52. The Labute approximate surface area is 62.9 Å². The van der Waals surface area contributed by atoms with E-state index < -0.39 is 10.4 Å². The predicted molar refractivity (Wildman–Crippen MR) is 35.9 cm³/mol. The second-order valence-corrected chi connectivity index (χ2v) is 2.64. The third-order valence-electron chi connectivity index (χ3n) is 0.220. The highest BCUT2D eigenvalue weighted by Crippen LogP contribution is 1.83. The van der Waals surface area contributed by atoms with Gasteiger partial charge in [0.1, 0.15) is 0 Å². The first kappa shape index (κ1) is 12.4. The summed E-state index contributed by atoms with van der Waals surface area (Å²) in [5.74, 6) is 0. The zero-order valence-electron chi connectivity index (χ0n) is 5.03. The summed E-state index contributed by atoms with van der Waals surface area (Å²) in [6.07, 6.45) is 1.77. The molecule has 0 saturated carbocycles. The molecule has 0 aliphatic carbocycles. The van der Waals surface area contributed by atoms with Crippen LogP contribution in [-0.4, -0.2) is 28.9 Å². The number of nitrogens with one attached hydrogen (secondary N) is 1. The largest absolute Gasteiger partial charge is 0.759 e. The average Bonchev–Trinajstić information content (AvgIpc) is 1.61. The minimum atomic E-state index is -5.17. The average molecular weight is 186 g/mol. The van der Waals surface area contributed by atoms with Gasteiger partial charge in [-0.3, -0.25) is 13.8 Å². The van der Waals surface area contributed by atoms with Crippen LogP contribution >= 0.6 is 11.8 Å². The summed E-state index contributed by atoms with van der Waals surface area (Å²) in [5.41, 5.74) is 4.84. The molecule has 0 aromatic rings. The summed E-state index contributed by atoms with van der Waals surface area (Å²) in [6.45, 7) is 0. The molecular weight excluding hydrogens is 180 g/mol. The highest BCUT2D eigenvalue weighted by Gasteiger charge is 1.71. The van der Waals surface area contributed by atoms with Crippen molar-refractivity contribution in [3.05, 3.63) is 0 Å². The lowest BCUT2D eigenvalue weighted by molar-refractivity contribution is 0.352. The summed E-state index contributed by atoms with van der Waals surface area (Å²) in [6, 6.07) is 0. The van der Waals surface area contributed by atoms with E-state index in [0.29, 0.717) is 0 Å². The Morgan fingerprint density at radius 3 is 1.70 bits per heavy atom. The topological polar surface area (TPSA) is 130 Å². The molecule has 10 heavy (non-hydrogen) atoms. The van der Waals surface area contributed by atoms with Gasteiger partial charge in [-0.2, -0.15) is 0 Å². The molecule has 62 valence electrons. The number of rotatable bonds is 0. The highest BCUT2D eigenvalue weighted by atomic mass is 32.3. The maximum atomic E-state index is 8.52. The Balaban J connectivity index is 0. The van der Waals surface area contributed by atoms with Gasteiger partial charge in [-0.05, 0) is 6.26 Å². The molecule has 0 atom stereocenters. The minimum Gasteiger partial charge on any atom is -0.759 e. The summed E-state index contributed by atoms with van der Waals surface area (Å²) >= 11 is 1.24. The molecule has 0 aliphatic heterocycles. The molecule has 3 N–H and O–H groups in total. The zero-order chi connectivity index (χ0) is 8.78. The lowest BCUT2D eigenvalue weighted by Crippen LogP contribution is -2.01. The molecule has 0 radical (unpaired) electrons. The van der Waals surface area contributed by atoms with Crippen LogP contribution in [0.25, 0.3) is 0 Å². The van der Waals surface area contributed by atoms with Gasteiger partial charge in [0.25, 0.3) is 0 Å². The standard InChI is InChI=1S/C2H6N2S.H2O4S/c1-5-2(3)4;1-5(2,3)4/h1H3,(H3,3,4);(H2,1,2,3,4)/p-2. The van der Waals surface area contributed by atoms with Gasteiger partial charge in [-0.1, -0.05) is 11.8 Å². The van der Waals surface area contributed by atoms with Crippen molar-refractivity contribution in [3.8, 4) is 0 Å². The fourth-order valence-electron chi connectivity index (χ4n) is 0. The normalized spacial score (nSPS) is 9.50. The van der Waals surface area contributed by atoms with E-state index in [2.05, 4.69) is 0 Å². The van der Waals surface area contributed by atoms with Crippen molar-refractivity contribution in [2.45, 2.75) is 0 Å². The van der Waals surface area contributed by atoms with Gasteiger partial charge in [-0.15, -0.1) is 0 Å². The molecule has 0 saturated heterocycles. The second-order valence-electron chi connectivity index (χ2n) is 0.977. The van der Waals surface area contributed by atoms with Gasteiger partial charge >= 0.3 is 0 Å². The van der Waals surface area contributed by atoms with Gasteiger partial charge in [0.15, 0.2) is 5.17 Å². The van der Waals surface area contributed by atoms with Gasteiger partial charge in [0.2, 0.25) is 0 Å². The molecule has 0 aliphatic rings. The lowest BCUT2D eigenvalue weighted by atomic mass is 11.4. The van der Waals surface area contributed by atoms with Crippen LogP contribution in [0.3, 0.4) is 0 Å². The van der Waals surface area contributed by atoms with Crippen LogP contribution < -0.4 is 5.73 Å². The number of hydrogen-bond donors (Lipinski definition) is 2. The smallest absolute Gasteiger partial charge is 0.150 e. The monoisotopic (exact) mass is 186 g/mol. The van der Waals surface area contributed by atoms with Gasteiger partial charge in [-0.25, -0.2) is 0 Å². The van der Waals surface area contributed by atoms with Gasteiger partial charge < -0.3 is 14.8 Å². The predicted octanol–water partition coefficient (Wildman–Crippen LogP) is -1.10. The fraction of sp³-hybridized carbons (Fsp3) is 0.500. The van der Waals surface area contributed by atoms with Crippen LogP contribution in [0.15, 0.2) is 0 Å². The first-order valence-corrected chi connectivity index (χ1v) is 4.38. The van der Waals surface area contributed by atoms with Crippen molar-refractivity contribution in [1.29, 1.82) is 5.41 Å². The van der Waals surface area contributed by atoms with Crippen LogP contribution in [0.4, 0.5) is 0 Å². The Morgan fingerprint density at radius 2 is 1.70 bits per heavy atom. The van der Waals surface area contributed by atoms with E-state index in [9.17, 15) is 0 Å². The quantitative estimate of drug-likeness (QED) is 0.214. The van der Waals surface area contributed by atoms with Crippen LogP contribution in [0, 0.1) is 5.41 Å². The van der Waals surface area contributed by atoms with Crippen molar-refractivity contribution in [2.75, 3.05) is 6.26 Å². The van der Waals surface area contributed by atoms with Crippen LogP contribution in [0.2, 0.25) is 0 Å². The summed E-state index contributed by atoms with van der Waals surface area (Å²) in [5, 5.41) is 6.66. The maximum Gasteiger partial charge on any atom is 0.150 e. The molecule has 0 amide bonds. The van der Waals surface area contributed by atoms with Crippen molar-refractivity contribution in [1.82, 2.24) is 0 Å². The van der Waals surface area contributed by atoms with E-state index in [4.69, 9.17) is 28.7 Å². The second kappa shape index (κ2) is 5.47. The summed E-state index contributed by atoms with van der Waals surface area (Å²) < 4.78 is 34.1. The van der Waals surface area contributed by atoms with Crippen molar-refractivity contribution >= 4 is 27.3 Å². The Hall–Kier alpha value is -0.310. The zero-order valence-corrected chi connectivity index (χ0v) is 6.66. The molecule has 0 aromatic carbocycles. The van der Waals surface area contributed by atoms with E-state index in [1.807, 2.05) is 0 Å². The molecule has 0 heterocycles. The SMILES string of the molecule is CSC(=N)N.O=S(=O)([O-])[O-]. The van der Waals surface area contributed by atoms with E-state index in [-0.39, 0.29) is 5.17 Å². The van der Waals surface area contributed by atoms with E-state index >= 15 is 0 Å². The van der Waals surface area contributed by atoms with Crippen molar-refractivity contribution in [2.24, 2.45) is 5.73 Å². The van der Waals surface area contributed by atoms with Gasteiger partial charge in [0.05, 0.1) is 0 Å². The Bertz CT molecular complexity index is 177. The molecule has 0 aromatic heterocycles. The Kier molecular flexibility index (Phi) is 6.77. The number of hydrogen-bond acceptors (Lipinski definition) is 6. The van der Waals surface area contributed by atoms with Crippen LogP contribution in [0.1, 0.15) is 0 Å². The van der Waals surface area contributed by atoms with Gasteiger partial charge in [0, 0.05) is 10.4 Å². The van der Waals surface area contributed by atoms with E-state index in [1.165, 1.54) is 11.8 Å². The lowest BCUT2D eigenvalue weighted by Gasteiger charge is -2.06. The molecular formula is C2H6N2O4S2-2. The summed E-state index contributed by atoms with van der Waals surface area (Å²) in [4.78, 5) is 0. The number of amidine groups is 1. The first-order valence-electron chi connectivity index (χ1n) is 1.82. The van der Waals surface area contributed by atoms with Crippen molar-refractivity contribution in [3.63, 3.8) is 0 Å². The number of nitrogens with two attached hydrogens (primary N) is 1. The van der Waals surface area contributed by atoms with E-state index in [0.717, 1.165) is 0 Å². The molecule has 6 nitrogen and oxygen atoms in total. The third-order valence-corrected chi connectivity index (χ3v) is 0.660. The molecule has 0 fully saturated rings. The van der Waals surface area contributed by atoms with Crippen LogP contribution in [-0.2, 0) is 10.4 Å². The minimum absolute atomic E-state index is 0.171. The third kappa shape index (κ3) is 121. The molecule has 8 heteroatoms. The fourth-order valence-corrected chi connectivity index (χ4v) is 0. The molecule has 0 unspecified atom stereocenters. The number of thioether (sulfide) groups is 1.